The zero-order valence-corrected chi connectivity index (χ0v) is 43.7. The van der Waals surface area contributed by atoms with E-state index in [0.717, 1.165) is 25.6 Å². The molecule has 2 saturated heterocycles. The Hall–Kier alpha value is -5.46. The van der Waals surface area contributed by atoms with Gasteiger partial charge in [0.15, 0.2) is 46.9 Å². The van der Waals surface area contributed by atoms with Crippen LogP contribution in [0.2, 0.25) is 0 Å². The summed E-state index contributed by atoms with van der Waals surface area (Å²) in [6.07, 6.45) is 10.3. The molecule has 6 aromatic rings. The Balaban J connectivity index is 0.875. The molecule has 2 aliphatic heterocycles. The zero-order chi connectivity index (χ0) is 53.8. The number of hydrogen-bond acceptors (Lipinski definition) is 24. The van der Waals surface area contributed by atoms with Crippen LogP contribution in [-0.4, -0.2) is 147 Å². The predicted molar refractivity (Wildman–Crippen MR) is 270 cm³/mol. The first-order chi connectivity index (χ1) is 36.6. The maximum absolute atomic E-state index is 13.9. The van der Waals surface area contributed by atoms with Crippen LogP contribution in [-0.2, 0) is 53.0 Å². The average molecular weight is 1110 g/mol. The Morgan fingerprint density at radius 2 is 1.08 bits per heavy atom. The quantitative estimate of drug-likeness (QED) is 0.0228. The lowest BCUT2D eigenvalue weighted by Crippen LogP contribution is -2.40. The summed E-state index contributed by atoms with van der Waals surface area (Å²) < 4.78 is 71.0. The van der Waals surface area contributed by atoms with Crippen LogP contribution in [0.3, 0.4) is 0 Å². The Bertz CT molecular complexity index is 2950. The number of carbonyl (C=O) groups excluding carboxylic acids is 1. The summed E-state index contributed by atoms with van der Waals surface area (Å²) in [6.45, 7) is 0.352. The van der Waals surface area contributed by atoms with Crippen molar-refractivity contribution in [2.45, 2.75) is 153 Å². The molecule has 0 radical (unpaired) electrons. The van der Waals surface area contributed by atoms with Crippen LogP contribution < -0.4 is 22.5 Å². The van der Waals surface area contributed by atoms with E-state index in [2.05, 4.69) is 57.1 Å². The summed E-state index contributed by atoms with van der Waals surface area (Å²) >= 11 is 0. The van der Waals surface area contributed by atoms with E-state index >= 15 is 0 Å². The molecule has 10 atom stereocenters. The molecular formula is C44H66N16O14P2. The highest BCUT2D eigenvalue weighted by atomic mass is 31.2. The molecule has 2 unspecified atom stereocenters. The van der Waals surface area contributed by atoms with E-state index in [0.29, 0.717) is 17.6 Å². The van der Waals surface area contributed by atoms with Gasteiger partial charge in [0.25, 0.3) is 0 Å². The molecule has 0 bridgehead atoms. The topological polar surface area (TPSA) is 418 Å². The summed E-state index contributed by atoms with van der Waals surface area (Å²) in [5.74, 6) is -0.0813. The van der Waals surface area contributed by atoms with Gasteiger partial charge in [-0.1, -0.05) is 84.0 Å². The van der Waals surface area contributed by atoms with Crippen molar-refractivity contribution in [2.75, 3.05) is 43.6 Å². The average Bonchev–Trinajstić information content (AvgIpc) is 4.28. The SMILES string of the molecule is CCCCCCCCCCCCCCCC(=O)NC[C@H]1O[C@@H](n2cnc3c(N)ncnc32)[C@H](OP(=O)(O)OC[C@H]2O[C@@H](n3cnc4c(N)ncnc43)[C@H](OP(=O)(O)OCCOCn3cnc4c(N)ncnc43)[C@@H]2O)[C@@H]1O. The molecular weight excluding hydrogens is 1040 g/mol. The van der Waals surface area contributed by atoms with E-state index in [9.17, 15) is 33.9 Å². The fourth-order valence-corrected chi connectivity index (χ4v) is 10.9. The summed E-state index contributed by atoms with van der Waals surface area (Å²) in [4.78, 5) is 72.0. The van der Waals surface area contributed by atoms with Crippen molar-refractivity contribution < 1.29 is 66.2 Å². The largest absolute Gasteiger partial charge is 0.472 e. The molecule has 11 N–H and O–H groups in total. The Kier molecular flexibility index (Phi) is 19.6. The minimum absolute atomic E-state index is 0.0144. The number of unbranched alkanes of at least 4 members (excludes halogenated alkanes) is 12. The number of nitrogens with zero attached hydrogens (tertiary/aromatic N) is 12. The number of rotatable bonds is 31. The molecule has 0 aliphatic carbocycles. The van der Waals surface area contributed by atoms with Gasteiger partial charge in [-0.25, -0.2) is 54.0 Å². The molecule has 2 aliphatic rings. The molecule has 8 rings (SSSR count). The van der Waals surface area contributed by atoms with Gasteiger partial charge in [-0.05, 0) is 6.42 Å². The number of aromatic nitrogens is 12. The zero-order valence-electron chi connectivity index (χ0n) is 41.9. The summed E-state index contributed by atoms with van der Waals surface area (Å²) in [7, 11) is -10.3. The molecule has 2 fully saturated rings. The first-order valence-electron chi connectivity index (χ1n) is 25.2. The van der Waals surface area contributed by atoms with Gasteiger partial charge >= 0.3 is 15.6 Å². The predicted octanol–water partition coefficient (Wildman–Crippen LogP) is 3.35. The molecule has 32 heteroatoms. The lowest BCUT2D eigenvalue weighted by atomic mass is 10.0. The highest BCUT2D eigenvalue weighted by Gasteiger charge is 2.52. The maximum atomic E-state index is 13.9. The van der Waals surface area contributed by atoms with E-state index in [-0.39, 0.29) is 72.0 Å². The second-order valence-electron chi connectivity index (χ2n) is 18.5. The van der Waals surface area contributed by atoms with Crippen LogP contribution in [0.5, 0.6) is 0 Å². The van der Waals surface area contributed by atoms with Gasteiger partial charge in [-0.15, -0.1) is 0 Å². The number of anilines is 3. The Labute approximate surface area is 435 Å². The number of imidazole rings is 3. The third-order valence-corrected chi connectivity index (χ3v) is 15.0. The third-order valence-electron chi connectivity index (χ3n) is 13.0. The van der Waals surface area contributed by atoms with Crippen LogP contribution >= 0.6 is 15.6 Å². The lowest BCUT2D eigenvalue weighted by Gasteiger charge is -2.25. The number of aliphatic hydroxyl groups excluding tert-OH is 2. The molecule has 0 spiro atoms. The van der Waals surface area contributed by atoms with Crippen LogP contribution in [0.25, 0.3) is 33.5 Å². The van der Waals surface area contributed by atoms with Crippen LogP contribution in [0.4, 0.5) is 17.5 Å². The fraction of sp³-hybridized carbons (Fsp3) is 0.636. The number of phosphoric ester groups is 2. The number of carbonyl (C=O) groups is 1. The van der Waals surface area contributed by atoms with Crippen LogP contribution in [0, 0.1) is 0 Å². The van der Waals surface area contributed by atoms with Crippen LogP contribution in [0.1, 0.15) is 109 Å². The number of fused-ring (bicyclic) bond motifs is 3. The van der Waals surface area contributed by atoms with Gasteiger partial charge in [-0.2, -0.15) is 0 Å². The molecule has 0 saturated carbocycles. The van der Waals surface area contributed by atoms with Crippen molar-refractivity contribution in [3.8, 4) is 0 Å². The minimum Gasteiger partial charge on any atom is -0.387 e. The van der Waals surface area contributed by atoms with E-state index in [1.807, 2.05) is 0 Å². The molecule has 1 amide bonds. The van der Waals surface area contributed by atoms with Crippen molar-refractivity contribution in [3.05, 3.63) is 38.0 Å². The van der Waals surface area contributed by atoms with Crippen molar-refractivity contribution in [1.82, 2.24) is 63.9 Å². The van der Waals surface area contributed by atoms with Crippen molar-refractivity contribution in [1.29, 1.82) is 0 Å². The van der Waals surface area contributed by atoms with Gasteiger partial charge in [0.05, 0.1) is 38.8 Å². The summed E-state index contributed by atoms with van der Waals surface area (Å²) in [6, 6.07) is 0. The fourth-order valence-electron chi connectivity index (χ4n) is 9.04. The molecule has 416 valence electrons. The highest BCUT2D eigenvalue weighted by molar-refractivity contribution is 7.47. The van der Waals surface area contributed by atoms with E-state index in [4.69, 9.17) is 49.5 Å². The smallest absolute Gasteiger partial charge is 0.387 e. The first-order valence-corrected chi connectivity index (χ1v) is 28.2. The van der Waals surface area contributed by atoms with Crippen molar-refractivity contribution in [2.24, 2.45) is 0 Å². The van der Waals surface area contributed by atoms with E-state index in [1.54, 1.807) is 0 Å². The van der Waals surface area contributed by atoms with Gasteiger partial charge in [0, 0.05) is 13.0 Å². The van der Waals surface area contributed by atoms with Crippen molar-refractivity contribution >= 4 is 72.5 Å². The second kappa shape index (κ2) is 26.3. The van der Waals surface area contributed by atoms with Crippen molar-refractivity contribution in [3.63, 3.8) is 0 Å². The Morgan fingerprint density at radius 1 is 0.618 bits per heavy atom. The number of nitrogens with two attached hydrogens (primary N) is 3. The summed E-state index contributed by atoms with van der Waals surface area (Å²) in [5, 5.41) is 26.1. The van der Waals surface area contributed by atoms with Gasteiger partial charge < -0.3 is 56.7 Å². The standard InChI is InChI=1S/C44H66N16O14P2/c1-2-3-4-5-6-7-8-9-10-11-12-13-14-15-29(61)48-18-27-33(62)35(43(71-27)59-24-56-31-38(46)50-21-53-41(31)59)74-76(66,67)70-19-28-34(63)36(44(72-28)60-25-57-32-39(47)51-22-54-42(32)60)73-75(64,65)69-17-16-68-26-58-23-55-30-37(45)49-20-52-40(30)58/h20-25,27-28,33-36,43-44,62-63H,2-19,26H2,1H3,(H,48,61)(H,64,65)(H,66,67)(H2,45,49,52)(H2,46,50,53)(H2,47,51,54)/t27-,28-,33-,34-,35-,36-,43-,44-/m1/s1. The number of nitrogen functional groups attached to an aromatic ring is 3. The maximum Gasteiger partial charge on any atom is 0.472 e. The van der Waals surface area contributed by atoms with E-state index < -0.39 is 77.9 Å². The third kappa shape index (κ3) is 14.2. The Morgan fingerprint density at radius 3 is 1.63 bits per heavy atom. The second-order valence-corrected chi connectivity index (χ2v) is 21.3. The van der Waals surface area contributed by atoms with Gasteiger partial charge in [0.1, 0.15) is 78.9 Å². The molecule has 8 heterocycles. The molecule has 30 nitrogen and oxygen atoms in total. The van der Waals surface area contributed by atoms with E-state index in [1.165, 1.54) is 103 Å². The number of aliphatic hydroxyl groups is 2. The number of amides is 1. The number of nitrogens with one attached hydrogen (secondary N) is 1. The highest BCUT2D eigenvalue weighted by Crippen LogP contribution is 2.52. The first kappa shape index (κ1) is 56.7. The lowest BCUT2D eigenvalue weighted by molar-refractivity contribution is -0.122. The van der Waals surface area contributed by atoms with Gasteiger partial charge in [0.2, 0.25) is 5.91 Å². The normalized spacial score (nSPS) is 23.4. The monoisotopic (exact) mass is 1100 g/mol. The number of phosphoric acid groups is 2. The van der Waals surface area contributed by atoms with Gasteiger partial charge in [-0.3, -0.25) is 36.6 Å². The molecule has 6 aromatic heterocycles. The number of hydrogen-bond donors (Lipinski definition) is 8. The minimum atomic E-state index is -5.28. The molecule has 0 aromatic carbocycles. The number of ether oxygens (including phenoxy) is 3. The molecule has 76 heavy (non-hydrogen) atoms. The summed E-state index contributed by atoms with van der Waals surface area (Å²) in [5.41, 5.74) is 19.1. The van der Waals surface area contributed by atoms with Crippen LogP contribution in [0.15, 0.2) is 38.0 Å².